The lowest BCUT2D eigenvalue weighted by Gasteiger charge is -2.31. The SMILES string of the molecule is Cc1ccoc1C(=O)NCCN1CCC(N2CCOCC2)C1=O. The Labute approximate surface area is 135 Å². The molecule has 23 heavy (non-hydrogen) atoms. The van der Waals surface area contributed by atoms with E-state index in [-0.39, 0.29) is 17.9 Å². The molecule has 3 rings (SSSR count). The molecule has 0 saturated carbocycles. The highest BCUT2D eigenvalue weighted by atomic mass is 16.5. The standard InChI is InChI=1S/C16H23N3O4/c1-12-3-9-23-14(12)15(20)17-4-6-19-5-2-13(16(19)21)18-7-10-22-11-8-18/h3,9,13H,2,4-8,10-11H2,1H3,(H,17,20). The Morgan fingerprint density at radius 2 is 2.13 bits per heavy atom. The zero-order chi connectivity index (χ0) is 16.2. The largest absolute Gasteiger partial charge is 0.459 e. The lowest BCUT2D eigenvalue weighted by atomic mass is 10.2. The normalized spacial score (nSPS) is 22.6. The minimum absolute atomic E-state index is 0.0260. The average molecular weight is 321 g/mol. The maximum atomic E-state index is 12.5. The number of nitrogens with zero attached hydrogens (tertiary/aromatic N) is 2. The third-order valence-corrected chi connectivity index (χ3v) is 4.49. The summed E-state index contributed by atoms with van der Waals surface area (Å²) in [6.07, 6.45) is 2.35. The van der Waals surface area contributed by atoms with E-state index in [0.29, 0.717) is 32.1 Å². The Bertz CT molecular complexity index is 565. The lowest BCUT2D eigenvalue weighted by molar-refractivity contribution is -0.133. The lowest BCUT2D eigenvalue weighted by Crippen LogP contribution is -2.48. The maximum absolute atomic E-state index is 12.5. The predicted octanol–water partition coefficient (Wildman–Crippen LogP) is 0.251. The summed E-state index contributed by atoms with van der Waals surface area (Å²) in [6.45, 7) is 6.57. The smallest absolute Gasteiger partial charge is 0.287 e. The van der Waals surface area contributed by atoms with Crippen molar-refractivity contribution in [1.82, 2.24) is 15.1 Å². The molecular formula is C16H23N3O4. The first-order chi connectivity index (χ1) is 11.2. The van der Waals surface area contributed by atoms with Crippen LogP contribution < -0.4 is 5.32 Å². The summed E-state index contributed by atoms with van der Waals surface area (Å²) in [6, 6.07) is 1.73. The molecule has 7 heteroatoms. The monoisotopic (exact) mass is 321 g/mol. The van der Waals surface area contributed by atoms with Crippen LogP contribution in [-0.4, -0.2) is 73.6 Å². The number of nitrogens with one attached hydrogen (secondary N) is 1. The van der Waals surface area contributed by atoms with Gasteiger partial charge < -0.3 is 19.4 Å². The Kier molecular flexibility index (Phi) is 4.97. The Balaban J connectivity index is 1.45. The summed E-state index contributed by atoms with van der Waals surface area (Å²) in [7, 11) is 0. The third kappa shape index (κ3) is 3.56. The van der Waals surface area contributed by atoms with Crippen molar-refractivity contribution in [3.8, 4) is 0 Å². The first kappa shape index (κ1) is 16.0. The van der Waals surface area contributed by atoms with E-state index in [1.165, 1.54) is 6.26 Å². The molecule has 7 nitrogen and oxygen atoms in total. The molecule has 2 aliphatic rings. The summed E-state index contributed by atoms with van der Waals surface area (Å²) < 4.78 is 10.5. The topological polar surface area (TPSA) is 75.0 Å². The van der Waals surface area contributed by atoms with Crippen LogP contribution in [0.25, 0.3) is 0 Å². The van der Waals surface area contributed by atoms with Crippen molar-refractivity contribution < 1.29 is 18.7 Å². The number of aryl methyl sites for hydroxylation is 1. The second-order valence-electron chi connectivity index (χ2n) is 5.97. The van der Waals surface area contributed by atoms with Gasteiger partial charge in [-0.2, -0.15) is 0 Å². The van der Waals surface area contributed by atoms with Crippen LogP contribution in [0, 0.1) is 6.92 Å². The zero-order valence-electron chi connectivity index (χ0n) is 13.4. The van der Waals surface area contributed by atoms with Crippen molar-refractivity contribution in [3.05, 3.63) is 23.7 Å². The molecule has 1 unspecified atom stereocenters. The van der Waals surface area contributed by atoms with Crippen LogP contribution in [0.2, 0.25) is 0 Å². The summed E-state index contributed by atoms with van der Waals surface area (Å²) >= 11 is 0. The van der Waals surface area contributed by atoms with Crippen molar-refractivity contribution in [1.29, 1.82) is 0 Å². The second-order valence-corrected chi connectivity index (χ2v) is 5.97. The van der Waals surface area contributed by atoms with Crippen molar-refractivity contribution in [2.45, 2.75) is 19.4 Å². The van der Waals surface area contributed by atoms with Crippen LogP contribution in [0.4, 0.5) is 0 Å². The number of carbonyl (C=O) groups excluding carboxylic acids is 2. The predicted molar refractivity (Wildman–Crippen MR) is 83.2 cm³/mol. The highest BCUT2D eigenvalue weighted by molar-refractivity contribution is 5.92. The maximum Gasteiger partial charge on any atom is 0.287 e. The Morgan fingerprint density at radius 1 is 1.35 bits per heavy atom. The number of hydrogen-bond donors (Lipinski definition) is 1. The van der Waals surface area contributed by atoms with E-state index in [1.54, 1.807) is 6.07 Å². The van der Waals surface area contributed by atoms with Gasteiger partial charge in [0.25, 0.3) is 5.91 Å². The van der Waals surface area contributed by atoms with Gasteiger partial charge in [-0.3, -0.25) is 14.5 Å². The van der Waals surface area contributed by atoms with Crippen LogP contribution in [0.1, 0.15) is 22.5 Å². The molecular weight excluding hydrogens is 298 g/mol. The Morgan fingerprint density at radius 3 is 2.83 bits per heavy atom. The fourth-order valence-corrected chi connectivity index (χ4v) is 3.16. The number of likely N-dealkylation sites (tertiary alicyclic amines) is 1. The molecule has 3 heterocycles. The van der Waals surface area contributed by atoms with Gasteiger partial charge >= 0.3 is 0 Å². The summed E-state index contributed by atoms with van der Waals surface area (Å²) in [5, 5.41) is 2.81. The number of amides is 2. The van der Waals surface area contributed by atoms with Gasteiger partial charge in [-0.05, 0) is 19.4 Å². The molecule has 2 fully saturated rings. The quantitative estimate of drug-likeness (QED) is 0.841. The first-order valence-corrected chi connectivity index (χ1v) is 8.09. The molecule has 2 aliphatic heterocycles. The average Bonchev–Trinajstić information content (AvgIpc) is 3.15. The van der Waals surface area contributed by atoms with E-state index in [2.05, 4.69) is 10.2 Å². The van der Waals surface area contributed by atoms with Gasteiger partial charge in [-0.15, -0.1) is 0 Å². The molecule has 0 aliphatic carbocycles. The number of rotatable bonds is 5. The summed E-state index contributed by atoms with van der Waals surface area (Å²) in [5.74, 6) is 0.267. The number of carbonyl (C=O) groups is 2. The van der Waals surface area contributed by atoms with Crippen molar-refractivity contribution >= 4 is 11.8 Å². The van der Waals surface area contributed by atoms with Crippen LogP contribution >= 0.6 is 0 Å². The molecule has 1 atom stereocenters. The van der Waals surface area contributed by atoms with E-state index < -0.39 is 0 Å². The van der Waals surface area contributed by atoms with Gasteiger partial charge in [0, 0.05) is 38.3 Å². The van der Waals surface area contributed by atoms with Gasteiger partial charge in [-0.25, -0.2) is 0 Å². The molecule has 2 saturated heterocycles. The Hall–Kier alpha value is -1.86. The van der Waals surface area contributed by atoms with Crippen molar-refractivity contribution in [2.24, 2.45) is 0 Å². The van der Waals surface area contributed by atoms with Crippen LogP contribution in [0.3, 0.4) is 0 Å². The van der Waals surface area contributed by atoms with E-state index in [1.807, 2.05) is 11.8 Å². The van der Waals surface area contributed by atoms with Crippen LogP contribution in [0.5, 0.6) is 0 Å². The molecule has 0 radical (unpaired) electrons. The van der Waals surface area contributed by atoms with Crippen LogP contribution in [-0.2, 0) is 9.53 Å². The number of morpholine rings is 1. The molecule has 1 N–H and O–H groups in total. The molecule has 2 amide bonds. The van der Waals surface area contributed by atoms with Gasteiger partial charge in [0.15, 0.2) is 5.76 Å². The summed E-state index contributed by atoms with van der Waals surface area (Å²) in [4.78, 5) is 28.5. The van der Waals surface area contributed by atoms with Gasteiger partial charge in [0.1, 0.15) is 0 Å². The third-order valence-electron chi connectivity index (χ3n) is 4.49. The minimum atomic E-state index is -0.233. The van der Waals surface area contributed by atoms with E-state index in [9.17, 15) is 9.59 Å². The highest BCUT2D eigenvalue weighted by Gasteiger charge is 2.36. The van der Waals surface area contributed by atoms with Crippen molar-refractivity contribution in [2.75, 3.05) is 45.9 Å². The van der Waals surface area contributed by atoms with Gasteiger partial charge in [0.05, 0.1) is 25.5 Å². The number of ether oxygens (including phenoxy) is 1. The van der Waals surface area contributed by atoms with E-state index >= 15 is 0 Å². The first-order valence-electron chi connectivity index (χ1n) is 8.09. The molecule has 0 spiro atoms. The number of hydrogen-bond acceptors (Lipinski definition) is 5. The molecule has 1 aromatic rings. The van der Waals surface area contributed by atoms with Crippen molar-refractivity contribution in [3.63, 3.8) is 0 Å². The molecule has 126 valence electrons. The van der Waals surface area contributed by atoms with Crippen LogP contribution in [0.15, 0.2) is 16.7 Å². The van der Waals surface area contributed by atoms with E-state index in [4.69, 9.17) is 9.15 Å². The zero-order valence-corrected chi connectivity index (χ0v) is 13.4. The molecule has 1 aromatic heterocycles. The second kappa shape index (κ2) is 7.14. The molecule has 0 bridgehead atoms. The summed E-state index contributed by atoms with van der Waals surface area (Å²) in [5.41, 5.74) is 0.812. The van der Waals surface area contributed by atoms with Gasteiger partial charge in [0.2, 0.25) is 5.91 Å². The van der Waals surface area contributed by atoms with E-state index in [0.717, 1.165) is 31.6 Å². The fourth-order valence-electron chi connectivity index (χ4n) is 3.16. The number of furan rings is 1. The van der Waals surface area contributed by atoms with Gasteiger partial charge in [-0.1, -0.05) is 0 Å². The fraction of sp³-hybridized carbons (Fsp3) is 0.625. The molecule has 0 aromatic carbocycles. The highest BCUT2D eigenvalue weighted by Crippen LogP contribution is 2.18. The minimum Gasteiger partial charge on any atom is -0.459 e.